The Hall–Kier alpha value is -0.980. The van der Waals surface area contributed by atoms with Gasteiger partial charge in [-0.05, 0) is 13.8 Å². The first-order valence-corrected chi connectivity index (χ1v) is 6.58. The number of thiazole rings is 1. The maximum Gasteiger partial charge on any atom is 0.240 e. The van der Waals surface area contributed by atoms with Crippen molar-refractivity contribution in [2.24, 2.45) is 0 Å². The number of hydrogen-bond donors (Lipinski definition) is 1. The lowest BCUT2D eigenvalue weighted by atomic mass is 10.2. The molecule has 0 radical (unpaired) electrons. The van der Waals surface area contributed by atoms with Crippen molar-refractivity contribution < 1.29 is 9.53 Å². The van der Waals surface area contributed by atoms with Gasteiger partial charge < -0.3 is 10.1 Å². The Morgan fingerprint density at radius 3 is 2.88 bits per heavy atom. The molecule has 1 saturated heterocycles. The fraction of sp³-hybridized carbons (Fsp3) is 0.636. The summed E-state index contributed by atoms with van der Waals surface area (Å²) < 4.78 is 5.62. The quantitative estimate of drug-likeness (QED) is 0.881. The second-order valence-corrected chi connectivity index (χ2v) is 5.23. The van der Waals surface area contributed by atoms with E-state index < -0.39 is 0 Å². The van der Waals surface area contributed by atoms with Crippen LogP contribution < -0.4 is 5.32 Å². The number of rotatable bonds is 3. The van der Waals surface area contributed by atoms with Crippen LogP contribution in [-0.2, 0) is 9.53 Å². The average molecular weight is 255 g/mol. The summed E-state index contributed by atoms with van der Waals surface area (Å²) >= 11 is 1.43. The van der Waals surface area contributed by atoms with E-state index in [1.807, 2.05) is 19.2 Å². The molecule has 6 heteroatoms. The van der Waals surface area contributed by atoms with E-state index in [-0.39, 0.29) is 18.1 Å². The van der Waals surface area contributed by atoms with E-state index in [0.717, 1.165) is 13.1 Å². The number of ether oxygens (including phenoxy) is 1. The van der Waals surface area contributed by atoms with Crippen molar-refractivity contribution in [3.05, 3.63) is 11.6 Å². The number of hydrogen-bond acceptors (Lipinski definition) is 5. The third-order valence-corrected chi connectivity index (χ3v) is 3.23. The van der Waals surface area contributed by atoms with Gasteiger partial charge in [0, 0.05) is 24.7 Å². The fourth-order valence-electron chi connectivity index (χ4n) is 2.06. The van der Waals surface area contributed by atoms with Crippen LogP contribution in [0.1, 0.15) is 13.8 Å². The van der Waals surface area contributed by atoms with Gasteiger partial charge in [0.1, 0.15) is 0 Å². The molecule has 0 bridgehead atoms. The summed E-state index contributed by atoms with van der Waals surface area (Å²) in [7, 11) is 0. The number of carbonyl (C=O) groups is 1. The number of morpholine rings is 1. The van der Waals surface area contributed by atoms with Crippen molar-refractivity contribution in [3.8, 4) is 0 Å². The van der Waals surface area contributed by atoms with E-state index in [1.54, 1.807) is 6.20 Å². The Morgan fingerprint density at radius 2 is 2.29 bits per heavy atom. The highest BCUT2D eigenvalue weighted by molar-refractivity contribution is 7.13. The largest absolute Gasteiger partial charge is 0.373 e. The third kappa shape index (κ3) is 3.76. The van der Waals surface area contributed by atoms with Gasteiger partial charge in [0.25, 0.3) is 0 Å². The lowest BCUT2D eigenvalue weighted by Crippen LogP contribution is -2.48. The molecular weight excluding hydrogens is 238 g/mol. The summed E-state index contributed by atoms with van der Waals surface area (Å²) in [5, 5.41) is 5.28. The average Bonchev–Trinajstić information content (AvgIpc) is 2.67. The molecule has 0 aliphatic carbocycles. The molecule has 2 atom stereocenters. The smallest absolute Gasteiger partial charge is 0.240 e. The van der Waals surface area contributed by atoms with Crippen molar-refractivity contribution in [2.75, 3.05) is 25.0 Å². The lowest BCUT2D eigenvalue weighted by Gasteiger charge is -2.34. The van der Waals surface area contributed by atoms with Crippen LogP contribution in [0.3, 0.4) is 0 Å². The minimum absolute atomic E-state index is 0.0127. The van der Waals surface area contributed by atoms with Crippen LogP contribution in [0.5, 0.6) is 0 Å². The lowest BCUT2D eigenvalue weighted by molar-refractivity contribution is -0.121. The van der Waals surface area contributed by atoms with Gasteiger partial charge in [0.15, 0.2) is 5.13 Å². The third-order valence-electron chi connectivity index (χ3n) is 2.54. The number of anilines is 1. The fourth-order valence-corrected chi connectivity index (χ4v) is 2.61. The van der Waals surface area contributed by atoms with Gasteiger partial charge in [-0.25, -0.2) is 4.98 Å². The van der Waals surface area contributed by atoms with E-state index in [2.05, 4.69) is 15.2 Å². The van der Waals surface area contributed by atoms with E-state index in [0.29, 0.717) is 11.7 Å². The Bertz CT molecular complexity index is 359. The highest BCUT2D eigenvalue weighted by Crippen LogP contribution is 2.12. The van der Waals surface area contributed by atoms with Crippen LogP contribution in [0.4, 0.5) is 5.13 Å². The first-order valence-electron chi connectivity index (χ1n) is 5.70. The molecule has 1 aromatic rings. The van der Waals surface area contributed by atoms with Crippen molar-refractivity contribution in [1.29, 1.82) is 0 Å². The standard InChI is InChI=1S/C11H17N3O2S/c1-8-5-14(6-9(2)16-8)7-10(15)13-11-12-3-4-17-11/h3-4,8-9H,5-7H2,1-2H3,(H,12,13,15)/t8-,9-/m0/s1. The second kappa shape index (κ2) is 5.57. The molecule has 17 heavy (non-hydrogen) atoms. The molecule has 94 valence electrons. The molecule has 2 rings (SSSR count). The molecule has 0 aromatic carbocycles. The highest BCUT2D eigenvalue weighted by Gasteiger charge is 2.23. The zero-order chi connectivity index (χ0) is 12.3. The van der Waals surface area contributed by atoms with Gasteiger partial charge >= 0.3 is 0 Å². The van der Waals surface area contributed by atoms with Crippen molar-refractivity contribution >= 4 is 22.4 Å². The Kier molecular flexibility index (Phi) is 4.09. The topological polar surface area (TPSA) is 54.5 Å². The Labute approximate surface area is 105 Å². The summed E-state index contributed by atoms with van der Waals surface area (Å²) in [4.78, 5) is 17.9. The Balaban J connectivity index is 1.82. The molecule has 2 heterocycles. The molecule has 5 nitrogen and oxygen atoms in total. The van der Waals surface area contributed by atoms with Crippen LogP contribution >= 0.6 is 11.3 Å². The summed E-state index contributed by atoms with van der Waals surface area (Å²) in [6.45, 7) is 6.06. The molecule has 1 N–H and O–H groups in total. The summed E-state index contributed by atoms with van der Waals surface area (Å²) in [6.07, 6.45) is 2.05. The van der Waals surface area contributed by atoms with Crippen LogP contribution in [0.15, 0.2) is 11.6 Å². The van der Waals surface area contributed by atoms with E-state index in [1.165, 1.54) is 11.3 Å². The predicted octanol–water partition coefficient (Wildman–Crippen LogP) is 1.19. The molecule has 1 aromatic heterocycles. The summed E-state index contributed by atoms with van der Waals surface area (Å²) in [6, 6.07) is 0. The minimum atomic E-state index is -0.0127. The van der Waals surface area contributed by atoms with Gasteiger partial charge in [0.2, 0.25) is 5.91 Å². The monoisotopic (exact) mass is 255 g/mol. The zero-order valence-corrected chi connectivity index (χ0v) is 10.9. The van der Waals surface area contributed by atoms with E-state index in [4.69, 9.17) is 4.74 Å². The molecule has 1 aliphatic rings. The number of aromatic nitrogens is 1. The van der Waals surface area contributed by atoms with Gasteiger partial charge in [-0.15, -0.1) is 11.3 Å². The normalized spacial score (nSPS) is 25.8. The van der Waals surface area contributed by atoms with Crippen molar-refractivity contribution in [2.45, 2.75) is 26.1 Å². The maximum atomic E-state index is 11.8. The van der Waals surface area contributed by atoms with Gasteiger partial charge in [-0.1, -0.05) is 0 Å². The molecular formula is C11H17N3O2S. The summed E-state index contributed by atoms with van der Waals surface area (Å²) in [5.74, 6) is -0.0127. The van der Waals surface area contributed by atoms with Crippen LogP contribution in [-0.4, -0.2) is 47.6 Å². The zero-order valence-electron chi connectivity index (χ0n) is 10.0. The van der Waals surface area contributed by atoms with Crippen LogP contribution in [0, 0.1) is 0 Å². The number of nitrogens with zero attached hydrogens (tertiary/aromatic N) is 2. The number of nitrogens with one attached hydrogen (secondary N) is 1. The van der Waals surface area contributed by atoms with E-state index in [9.17, 15) is 4.79 Å². The summed E-state index contributed by atoms with van der Waals surface area (Å²) in [5.41, 5.74) is 0. The SMILES string of the molecule is C[C@H]1CN(CC(=O)Nc2nccs2)C[C@H](C)O1. The molecule has 0 unspecified atom stereocenters. The van der Waals surface area contributed by atoms with Crippen molar-refractivity contribution in [1.82, 2.24) is 9.88 Å². The highest BCUT2D eigenvalue weighted by atomic mass is 32.1. The van der Waals surface area contributed by atoms with Crippen molar-refractivity contribution in [3.63, 3.8) is 0 Å². The first kappa shape index (κ1) is 12.5. The molecule has 0 saturated carbocycles. The van der Waals surface area contributed by atoms with Crippen LogP contribution in [0.2, 0.25) is 0 Å². The predicted molar refractivity (Wildman–Crippen MR) is 67.2 cm³/mol. The number of amides is 1. The Morgan fingerprint density at radius 1 is 1.59 bits per heavy atom. The number of carbonyl (C=O) groups excluding carboxylic acids is 1. The van der Waals surface area contributed by atoms with Crippen LogP contribution in [0.25, 0.3) is 0 Å². The minimum Gasteiger partial charge on any atom is -0.373 e. The molecule has 1 fully saturated rings. The molecule has 0 spiro atoms. The van der Waals surface area contributed by atoms with Gasteiger partial charge in [0.05, 0.1) is 18.8 Å². The second-order valence-electron chi connectivity index (χ2n) is 4.34. The maximum absolute atomic E-state index is 11.8. The molecule has 1 aliphatic heterocycles. The first-order chi connectivity index (χ1) is 8.13. The van der Waals surface area contributed by atoms with Gasteiger partial charge in [-0.3, -0.25) is 9.69 Å². The molecule has 1 amide bonds. The van der Waals surface area contributed by atoms with E-state index >= 15 is 0 Å². The van der Waals surface area contributed by atoms with Gasteiger partial charge in [-0.2, -0.15) is 0 Å².